The van der Waals surface area contributed by atoms with Crippen LogP contribution in [-0.2, 0) is 5.75 Å². The molecule has 174 valence electrons. The molecule has 1 amide bonds. The molecule has 0 radical (unpaired) electrons. The Bertz CT molecular complexity index is 1320. The van der Waals surface area contributed by atoms with Crippen LogP contribution < -0.4 is 0 Å². The molecule has 0 unspecified atom stereocenters. The molecular weight excluding hydrogens is 493 g/mol. The molecule has 1 saturated heterocycles. The average molecular weight is 514 g/mol. The predicted molar refractivity (Wildman–Crippen MR) is 133 cm³/mol. The number of para-hydroxylation sites is 1. The number of halogens is 2. The van der Waals surface area contributed by atoms with Crippen LogP contribution in [0.4, 0.5) is 4.39 Å². The van der Waals surface area contributed by atoms with Gasteiger partial charge >= 0.3 is 0 Å². The molecule has 6 nitrogen and oxygen atoms in total. The number of hydrogen-bond acceptors (Lipinski definition) is 6. The Kier molecular flexibility index (Phi) is 6.94. The summed E-state index contributed by atoms with van der Waals surface area (Å²) < 4.78 is 16.5. The first kappa shape index (κ1) is 23.0. The van der Waals surface area contributed by atoms with Crippen molar-refractivity contribution in [3.8, 4) is 17.1 Å². The minimum Gasteiger partial charge on any atom is -0.337 e. The Morgan fingerprint density at radius 2 is 1.82 bits per heavy atom. The Labute approximate surface area is 209 Å². The maximum atomic E-state index is 14.8. The third-order valence-electron chi connectivity index (χ3n) is 5.58. The van der Waals surface area contributed by atoms with E-state index in [1.807, 2.05) is 28.5 Å². The van der Waals surface area contributed by atoms with E-state index in [2.05, 4.69) is 15.2 Å². The number of rotatable bonds is 6. The maximum absolute atomic E-state index is 14.8. The molecular formula is C24H21ClFN5OS2. The van der Waals surface area contributed by atoms with E-state index in [1.165, 1.54) is 35.6 Å². The molecule has 34 heavy (non-hydrogen) atoms. The van der Waals surface area contributed by atoms with Gasteiger partial charge in [0.1, 0.15) is 16.5 Å². The Morgan fingerprint density at radius 1 is 1.06 bits per heavy atom. The minimum atomic E-state index is -0.388. The van der Waals surface area contributed by atoms with Crippen molar-refractivity contribution in [3.05, 3.63) is 75.5 Å². The first-order valence-electron chi connectivity index (χ1n) is 10.9. The lowest BCUT2D eigenvalue weighted by Gasteiger charge is -2.25. The molecule has 10 heteroatoms. The summed E-state index contributed by atoms with van der Waals surface area (Å²) in [4.78, 5) is 19.2. The summed E-state index contributed by atoms with van der Waals surface area (Å²) in [6.07, 6.45) is 3.25. The number of thioether (sulfide) groups is 1. The van der Waals surface area contributed by atoms with Gasteiger partial charge in [0.25, 0.3) is 5.91 Å². The van der Waals surface area contributed by atoms with Gasteiger partial charge in [0, 0.05) is 24.0 Å². The summed E-state index contributed by atoms with van der Waals surface area (Å²) in [5, 5.41) is 12.3. The van der Waals surface area contributed by atoms with E-state index in [0.29, 0.717) is 38.7 Å². The van der Waals surface area contributed by atoms with Crippen LogP contribution in [0.2, 0.25) is 5.02 Å². The number of amides is 1. The Morgan fingerprint density at radius 3 is 2.62 bits per heavy atom. The third kappa shape index (κ3) is 4.73. The van der Waals surface area contributed by atoms with Crippen LogP contribution in [0.15, 0.2) is 59.1 Å². The van der Waals surface area contributed by atoms with Crippen LogP contribution >= 0.6 is 34.7 Å². The highest BCUT2D eigenvalue weighted by molar-refractivity contribution is 7.98. The van der Waals surface area contributed by atoms with Crippen LogP contribution in [0.25, 0.3) is 17.1 Å². The van der Waals surface area contributed by atoms with Crippen molar-refractivity contribution in [2.24, 2.45) is 0 Å². The van der Waals surface area contributed by atoms with E-state index < -0.39 is 0 Å². The fraction of sp³-hybridized carbons (Fsp3) is 0.250. The summed E-state index contributed by atoms with van der Waals surface area (Å²) in [6.45, 7) is 1.58. The standard InChI is InChI=1S/C24H21ClFN5OS2/c25-17-9-3-2-8-16(17)22-28-29-24(31(22)20-11-5-4-10-18(20)26)34-15-21-27-19(14-33-21)23(32)30-12-6-1-7-13-30/h2-5,8-11,14H,1,6-7,12-13,15H2. The number of benzene rings is 2. The molecule has 5 rings (SSSR count). The van der Waals surface area contributed by atoms with E-state index >= 15 is 0 Å². The van der Waals surface area contributed by atoms with Crippen LogP contribution in [0.1, 0.15) is 34.8 Å². The second-order valence-electron chi connectivity index (χ2n) is 7.84. The number of carbonyl (C=O) groups excluding carboxylic acids is 1. The Balaban J connectivity index is 1.42. The summed E-state index contributed by atoms with van der Waals surface area (Å²) in [5.74, 6) is 0.537. The maximum Gasteiger partial charge on any atom is 0.273 e. The first-order chi connectivity index (χ1) is 16.6. The molecule has 4 aromatic rings. The second-order valence-corrected chi connectivity index (χ2v) is 10.1. The number of piperidine rings is 1. The van der Waals surface area contributed by atoms with Crippen molar-refractivity contribution in [2.75, 3.05) is 13.1 Å². The van der Waals surface area contributed by atoms with Gasteiger partial charge in [-0.05, 0) is 43.5 Å². The van der Waals surface area contributed by atoms with Crippen molar-refractivity contribution in [1.29, 1.82) is 0 Å². The second kappa shape index (κ2) is 10.2. The number of aromatic nitrogens is 4. The number of nitrogens with zero attached hydrogens (tertiary/aromatic N) is 5. The van der Waals surface area contributed by atoms with Gasteiger partial charge in [-0.1, -0.05) is 47.6 Å². The lowest BCUT2D eigenvalue weighted by Crippen LogP contribution is -2.35. The number of thiazole rings is 1. The SMILES string of the molecule is O=C(c1csc(CSc2nnc(-c3ccccc3Cl)n2-c2ccccc2F)n1)N1CCCCC1. The van der Waals surface area contributed by atoms with Gasteiger partial charge in [0.05, 0.1) is 16.5 Å². The summed E-state index contributed by atoms with van der Waals surface area (Å²) in [5.41, 5.74) is 1.48. The van der Waals surface area contributed by atoms with Gasteiger partial charge in [-0.25, -0.2) is 9.37 Å². The van der Waals surface area contributed by atoms with Crippen LogP contribution in [0.5, 0.6) is 0 Å². The van der Waals surface area contributed by atoms with Crippen molar-refractivity contribution >= 4 is 40.6 Å². The fourth-order valence-electron chi connectivity index (χ4n) is 3.89. The van der Waals surface area contributed by atoms with Gasteiger partial charge in [0.2, 0.25) is 0 Å². The number of hydrogen-bond donors (Lipinski definition) is 0. The van der Waals surface area contributed by atoms with Gasteiger partial charge in [0.15, 0.2) is 11.0 Å². The molecule has 3 heterocycles. The highest BCUT2D eigenvalue weighted by Crippen LogP contribution is 2.34. The lowest BCUT2D eigenvalue weighted by molar-refractivity contribution is 0.0719. The topological polar surface area (TPSA) is 63.9 Å². The third-order valence-corrected chi connectivity index (χ3v) is 7.88. The van der Waals surface area contributed by atoms with Crippen LogP contribution in [0, 0.1) is 5.82 Å². The zero-order valence-corrected chi connectivity index (χ0v) is 20.5. The Hall–Kier alpha value is -2.75. The van der Waals surface area contributed by atoms with Crippen molar-refractivity contribution in [3.63, 3.8) is 0 Å². The molecule has 0 atom stereocenters. The van der Waals surface area contributed by atoms with E-state index in [1.54, 1.807) is 28.8 Å². The molecule has 1 aliphatic rings. The molecule has 0 saturated carbocycles. The number of likely N-dealkylation sites (tertiary alicyclic amines) is 1. The van der Waals surface area contributed by atoms with Gasteiger partial charge < -0.3 is 4.90 Å². The number of carbonyl (C=O) groups is 1. The first-order valence-corrected chi connectivity index (χ1v) is 13.2. The van der Waals surface area contributed by atoms with Crippen molar-refractivity contribution < 1.29 is 9.18 Å². The molecule has 2 aromatic carbocycles. The zero-order valence-electron chi connectivity index (χ0n) is 18.2. The largest absolute Gasteiger partial charge is 0.337 e. The van der Waals surface area contributed by atoms with E-state index in [0.717, 1.165) is 30.9 Å². The minimum absolute atomic E-state index is 0.0114. The average Bonchev–Trinajstić information content (AvgIpc) is 3.51. The molecule has 2 aromatic heterocycles. The molecule has 1 aliphatic heterocycles. The van der Waals surface area contributed by atoms with Crippen LogP contribution in [0.3, 0.4) is 0 Å². The molecule has 0 N–H and O–H groups in total. The van der Waals surface area contributed by atoms with Gasteiger partial charge in [-0.15, -0.1) is 21.5 Å². The van der Waals surface area contributed by atoms with Gasteiger partial charge in [-0.3, -0.25) is 9.36 Å². The predicted octanol–water partition coefficient (Wildman–Crippen LogP) is 6.10. The van der Waals surface area contributed by atoms with Crippen molar-refractivity contribution in [1.82, 2.24) is 24.6 Å². The quantitative estimate of drug-likeness (QED) is 0.291. The molecule has 0 bridgehead atoms. The smallest absolute Gasteiger partial charge is 0.273 e. The normalized spacial score (nSPS) is 13.9. The van der Waals surface area contributed by atoms with Crippen molar-refractivity contribution in [2.45, 2.75) is 30.2 Å². The van der Waals surface area contributed by atoms with E-state index in [4.69, 9.17) is 11.6 Å². The van der Waals surface area contributed by atoms with Crippen LogP contribution in [-0.4, -0.2) is 43.6 Å². The summed E-state index contributed by atoms with van der Waals surface area (Å²) >= 11 is 9.24. The zero-order chi connectivity index (χ0) is 23.5. The van der Waals surface area contributed by atoms with Gasteiger partial charge in [-0.2, -0.15) is 0 Å². The molecule has 1 fully saturated rings. The monoisotopic (exact) mass is 513 g/mol. The highest BCUT2D eigenvalue weighted by Gasteiger charge is 2.22. The molecule has 0 spiro atoms. The fourth-order valence-corrected chi connectivity index (χ4v) is 5.84. The summed E-state index contributed by atoms with van der Waals surface area (Å²) in [7, 11) is 0. The van der Waals surface area contributed by atoms with E-state index in [-0.39, 0.29) is 11.7 Å². The van der Waals surface area contributed by atoms with E-state index in [9.17, 15) is 9.18 Å². The highest BCUT2D eigenvalue weighted by atomic mass is 35.5. The summed E-state index contributed by atoms with van der Waals surface area (Å²) in [6, 6.07) is 13.8. The lowest BCUT2D eigenvalue weighted by atomic mass is 10.1. The molecule has 0 aliphatic carbocycles.